The molecule has 6 nitrogen and oxygen atoms in total. The summed E-state index contributed by atoms with van der Waals surface area (Å²) in [7, 11) is 1.98. The first-order chi connectivity index (χ1) is 11.7. The fraction of sp³-hybridized carbons (Fsp3) is 0.706. The molecule has 2 aliphatic heterocycles. The van der Waals surface area contributed by atoms with Gasteiger partial charge in [0.1, 0.15) is 22.6 Å². The summed E-state index contributed by atoms with van der Waals surface area (Å²) in [5.41, 5.74) is 0. The number of hydrogen-bond donors (Lipinski definition) is 0. The summed E-state index contributed by atoms with van der Waals surface area (Å²) < 4.78 is 4.37. The molecule has 0 amide bonds. The SMILES string of the molecule is Cn1c(Cl)cnc1CN1CCCC(c2nnc3n2CCCCC3)C1. The Balaban J connectivity index is 1.49. The van der Waals surface area contributed by atoms with E-state index >= 15 is 0 Å². The van der Waals surface area contributed by atoms with Gasteiger partial charge in [0.2, 0.25) is 0 Å². The van der Waals surface area contributed by atoms with Crippen molar-refractivity contribution in [2.24, 2.45) is 7.05 Å². The zero-order valence-electron chi connectivity index (χ0n) is 14.3. The second-order valence-electron chi connectivity index (χ2n) is 7.07. The van der Waals surface area contributed by atoms with Gasteiger partial charge in [-0.05, 0) is 32.2 Å². The van der Waals surface area contributed by atoms with Gasteiger partial charge in [-0.15, -0.1) is 10.2 Å². The predicted molar refractivity (Wildman–Crippen MR) is 93.0 cm³/mol. The number of hydrogen-bond acceptors (Lipinski definition) is 4. The minimum Gasteiger partial charge on any atom is -0.321 e. The number of aromatic nitrogens is 5. The molecule has 7 heteroatoms. The smallest absolute Gasteiger partial charge is 0.137 e. The Morgan fingerprint density at radius 3 is 2.92 bits per heavy atom. The number of imidazole rings is 1. The molecular formula is C17H25ClN6. The quantitative estimate of drug-likeness (QED) is 0.855. The van der Waals surface area contributed by atoms with Crippen LogP contribution in [0.4, 0.5) is 0 Å². The molecule has 2 aromatic heterocycles. The summed E-state index contributed by atoms with van der Waals surface area (Å²) in [6.45, 7) is 4.08. The third-order valence-electron chi connectivity index (χ3n) is 5.40. The first-order valence-corrected chi connectivity index (χ1v) is 9.40. The van der Waals surface area contributed by atoms with Gasteiger partial charge in [0, 0.05) is 32.5 Å². The Kier molecular flexibility index (Phi) is 4.59. The number of piperidine rings is 1. The van der Waals surface area contributed by atoms with E-state index in [4.69, 9.17) is 11.6 Å². The number of likely N-dealkylation sites (tertiary alicyclic amines) is 1. The average Bonchev–Trinajstić information content (AvgIpc) is 3.04. The third-order valence-corrected chi connectivity index (χ3v) is 5.75. The highest BCUT2D eigenvalue weighted by molar-refractivity contribution is 6.29. The van der Waals surface area contributed by atoms with Gasteiger partial charge in [-0.25, -0.2) is 4.98 Å². The number of aryl methyl sites for hydroxylation is 1. The number of fused-ring (bicyclic) bond motifs is 1. The first kappa shape index (κ1) is 16.1. The minimum absolute atomic E-state index is 0.480. The van der Waals surface area contributed by atoms with Crippen molar-refractivity contribution in [3.63, 3.8) is 0 Å². The lowest BCUT2D eigenvalue weighted by Gasteiger charge is -2.32. The molecule has 1 fully saturated rings. The summed E-state index contributed by atoms with van der Waals surface area (Å²) in [4.78, 5) is 6.91. The molecule has 0 N–H and O–H groups in total. The van der Waals surface area contributed by atoms with Gasteiger partial charge in [0.05, 0.1) is 12.7 Å². The molecule has 1 unspecified atom stereocenters. The van der Waals surface area contributed by atoms with Crippen molar-refractivity contribution in [1.82, 2.24) is 29.2 Å². The van der Waals surface area contributed by atoms with Gasteiger partial charge in [-0.1, -0.05) is 18.0 Å². The Labute approximate surface area is 147 Å². The second kappa shape index (κ2) is 6.84. The third kappa shape index (κ3) is 3.09. The van der Waals surface area contributed by atoms with Gasteiger partial charge in [-0.3, -0.25) is 4.90 Å². The summed E-state index contributed by atoms with van der Waals surface area (Å²) in [6, 6.07) is 0. The van der Waals surface area contributed by atoms with E-state index in [1.165, 1.54) is 43.8 Å². The van der Waals surface area contributed by atoms with Crippen LogP contribution in [0, 0.1) is 0 Å². The Morgan fingerprint density at radius 2 is 2.08 bits per heavy atom. The van der Waals surface area contributed by atoms with Crippen molar-refractivity contribution in [2.45, 2.75) is 57.5 Å². The van der Waals surface area contributed by atoms with Crippen LogP contribution in [0.5, 0.6) is 0 Å². The van der Waals surface area contributed by atoms with E-state index in [0.29, 0.717) is 11.1 Å². The monoisotopic (exact) mass is 348 g/mol. The highest BCUT2D eigenvalue weighted by atomic mass is 35.5. The van der Waals surface area contributed by atoms with Gasteiger partial charge < -0.3 is 9.13 Å². The lowest BCUT2D eigenvalue weighted by atomic mass is 9.97. The van der Waals surface area contributed by atoms with Crippen molar-refractivity contribution >= 4 is 11.6 Å². The Morgan fingerprint density at radius 1 is 1.17 bits per heavy atom. The average molecular weight is 349 g/mol. The fourth-order valence-corrected chi connectivity index (χ4v) is 4.14. The Bertz CT molecular complexity index is 706. The zero-order valence-corrected chi connectivity index (χ0v) is 15.0. The van der Waals surface area contributed by atoms with E-state index in [-0.39, 0.29) is 0 Å². The molecule has 1 atom stereocenters. The van der Waals surface area contributed by atoms with Crippen molar-refractivity contribution in [2.75, 3.05) is 13.1 Å². The zero-order chi connectivity index (χ0) is 16.5. The van der Waals surface area contributed by atoms with Gasteiger partial charge in [0.15, 0.2) is 0 Å². The van der Waals surface area contributed by atoms with Crippen molar-refractivity contribution in [1.29, 1.82) is 0 Å². The van der Waals surface area contributed by atoms with E-state index in [1.54, 1.807) is 6.20 Å². The van der Waals surface area contributed by atoms with Crippen LogP contribution in [0.15, 0.2) is 6.20 Å². The maximum Gasteiger partial charge on any atom is 0.137 e. The van der Waals surface area contributed by atoms with Gasteiger partial charge in [-0.2, -0.15) is 0 Å². The summed E-state index contributed by atoms with van der Waals surface area (Å²) in [5.74, 6) is 3.90. The highest BCUT2D eigenvalue weighted by Gasteiger charge is 2.27. The van der Waals surface area contributed by atoms with Crippen molar-refractivity contribution in [3.05, 3.63) is 28.8 Å². The van der Waals surface area contributed by atoms with Crippen LogP contribution < -0.4 is 0 Å². The molecule has 0 radical (unpaired) electrons. The van der Waals surface area contributed by atoms with E-state index in [2.05, 4.69) is 24.6 Å². The number of halogens is 1. The van der Waals surface area contributed by atoms with Gasteiger partial charge >= 0.3 is 0 Å². The summed E-state index contributed by atoms with van der Waals surface area (Å²) in [6.07, 6.45) is 9.02. The molecular weight excluding hydrogens is 324 g/mol. The molecule has 2 aliphatic rings. The van der Waals surface area contributed by atoms with E-state index < -0.39 is 0 Å². The van der Waals surface area contributed by atoms with Crippen LogP contribution in [0.1, 0.15) is 55.5 Å². The van der Waals surface area contributed by atoms with Crippen LogP contribution in [-0.2, 0) is 26.6 Å². The fourth-order valence-electron chi connectivity index (χ4n) is 3.99. The molecule has 2 aromatic rings. The molecule has 130 valence electrons. The molecule has 0 saturated carbocycles. The second-order valence-corrected chi connectivity index (χ2v) is 7.45. The van der Waals surface area contributed by atoms with Crippen LogP contribution in [0.25, 0.3) is 0 Å². The number of rotatable bonds is 3. The normalized spacial score (nSPS) is 22.3. The molecule has 0 spiro atoms. The van der Waals surface area contributed by atoms with Crippen molar-refractivity contribution in [3.8, 4) is 0 Å². The van der Waals surface area contributed by atoms with E-state index in [9.17, 15) is 0 Å². The first-order valence-electron chi connectivity index (χ1n) is 9.03. The Hall–Kier alpha value is -1.40. The predicted octanol–water partition coefficient (Wildman–Crippen LogP) is 2.77. The van der Waals surface area contributed by atoms with Crippen LogP contribution >= 0.6 is 11.6 Å². The highest BCUT2D eigenvalue weighted by Crippen LogP contribution is 2.28. The number of nitrogens with zero attached hydrogens (tertiary/aromatic N) is 6. The summed E-state index contributed by atoms with van der Waals surface area (Å²) in [5, 5.41) is 9.75. The van der Waals surface area contributed by atoms with Gasteiger partial charge in [0.25, 0.3) is 0 Å². The lowest BCUT2D eigenvalue weighted by Crippen LogP contribution is -2.35. The summed E-state index contributed by atoms with van der Waals surface area (Å²) >= 11 is 6.11. The van der Waals surface area contributed by atoms with E-state index in [1.807, 2.05) is 11.6 Å². The van der Waals surface area contributed by atoms with Crippen LogP contribution in [0.2, 0.25) is 5.15 Å². The maximum atomic E-state index is 6.11. The van der Waals surface area contributed by atoms with Crippen LogP contribution in [-0.4, -0.2) is 42.3 Å². The lowest BCUT2D eigenvalue weighted by molar-refractivity contribution is 0.188. The van der Waals surface area contributed by atoms with Crippen LogP contribution in [0.3, 0.4) is 0 Å². The van der Waals surface area contributed by atoms with E-state index in [0.717, 1.165) is 38.4 Å². The maximum absolute atomic E-state index is 6.11. The standard InChI is InChI=1S/C17H25ClN6/c1-22-14(18)10-19-16(22)12-23-8-5-6-13(11-23)17-21-20-15-7-3-2-4-9-24(15)17/h10,13H,2-9,11-12H2,1H3. The molecule has 0 bridgehead atoms. The van der Waals surface area contributed by atoms with Crippen molar-refractivity contribution < 1.29 is 0 Å². The molecule has 4 heterocycles. The topological polar surface area (TPSA) is 51.8 Å². The molecule has 4 rings (SSSR count). The molecule has 1 saturated heterocycles. The molecule has 24 heavy (non-hydrogen) atoms. The minimum atomic E-state index is 0.480. The molecule has 0 aliphatic carbocycles. The molecule has 0 aromatic carbocycles. The largest absolute Gasteiger partial charge is 0.321 e.